The predicted molar refractivity (Wildman–Crippen MR) is 70.1 cm³/mol. The SMILES string of the molecule is COc1cc2c(cc1OC)NCC(C(C)C)C2. The third-order valence-electron chi connectivity index (χ3n) is 3.59. The highest BCUT2D eigenvalue weighted by Crippen LogP contribution is 2.37. The smallest absolute Gasteiger partial charge is 0.162 e. The highest BCUT2D eigenvalue weighted by atomic mass is 16.5. The molecule has 0 saturated carbocycles. The van der Waals surface area contributed by atoms with Crippen LogP contribution in [0.1, 0.15) is 19.4 Å². The van der Waals surface area contributed by atoms with Crippen molar-refractivity contribution in [3.8, 4) is 11.5 Å². The average molecular weight is 235 g/mol. The van der Waals surface area contributed by atoms with Crippen molar-refractivity contribution in [2.45, 2.75) is 20.3 Å². The fraction of sp³-hybridized carbons (Fsp3) is 0.571. The van der Waals surface area contributed by atoms with Gasteiger partial charge in [-0.15, -0.1) is 0 Å². The second kappa shape index (κ2) is 4.86. The lowest BCUT2D eigenvalue weighted by atomic mass is 9.86. The second-order valence-electron chi connectivity index (χ2n) is 4.95. The summed E-state index contributed by atoms with van der Waals surface area (Å²) in [7, 11) is 3.35. The molecule has 3 heteroatoms. The number of hydrogen-bond acceptors (Lipinski definition) is 3. The molecule has 0 aliphatic carbocycles. The summed E-state index contributed by atoms with van der Waals surface area (Å²) in [5.41, 5.74) is 2.51. The number of anilines is 1. The van der Waals surface area contributed by atoms with E-state index < -0.39 is 0 Å². The molecule has 0 amide bonds. The van der Waals surface area contributed by atoms with Gasteiger partial charge >= 0.3 is 0 Å². The standard InChI is InChI=1S/C14H21NO2/c1-9(2)11-5-10-6-13(16-3)14(17-4)7-12(10)15-8-11/h6-7,9,11,15H,5,8H2,1-4H3. The lowest BCUT2D eigenvalue weighted by Crippen LogP contribution is -2.27. The maximum absolute atomic E-state index is 5.35. The van der Waals surface area contributed by atoms with Crippen LogP contribution in [0, 0.1) is 11.8 Å². The van der Waals surface area contributed by atoms with Crippen molar-refractivity contribution >= 4 is 5.69 Å². The van der Waals surface area contributed by atoms with Crippen LogP contribution in [0.2, 0.25) is 0 Å². The van der Waals surface area contributed by atoms with E-state index in [1.54, 1.807) is 14.2 Å². The highest BCUT2D eigenvalue weighted by molar-refractivity contribution is 5.62. The summed E-state index contributed by atoms with van der Waals surface area (Å²) >= 11 is 0. The summed E-state index contributed by atoms with van der Waals surface area (Å²) in [6.07, 6.45) is 1.11. The van der Waals surface area contributed by atoms with Gasteiger partial charge in [-0.2, -0.15) is 0 Å². The van der Waals surface area contributed by atoms with Crippen molar-refractivity contribution in [3.63, 3.8) is 0 Å². The van der Waals surface area contributed by atoms with E-state index in [0.29, 0.717) is 11.8 Å². The third-order valence-corrected chi connectivity index (χ3v) is 3.59. The molecule has 17 heavy (non-hydrogen) atoms. The topological polar surface area (TPSA) is 30.5 Å². The first kappa shape index (κ1) is 12.1. The molecule has 1 aliphatic rings. The fourth-order valence-electron chi connectivity index (χ4n) is 2.32. The summed E-state index contributed by atoms with van der Waals surface area (Å²) in [5.74, 6) is 3.00. The van der Waals surface area contributed by atoms with Crippen LogP contribution in [0.3, 0.4) is 0 Å². The number of rotatable bonds is 3. The van der Waals surface area contributed by atoms with Gasteiger partial charge in [0.25, 0.3) is 0 Å². The van der Waals surface area contributed by atoms with Gasteiger partial charge in [0.2, 0.25) is 0 Å². The minimum absolute atomic E-state index is 0.695. The summed E-state index contributed by atoms with van der Waals surface area (Å²) in [6, 6.07) is 4.13. The van der Waals surface area contributed by atoms with Crippen molar-refractivity contribution in [1.29, 1.82) is 0 Å². The van der Waals surface area contributed by atoms with Crippen LogP contribution in [0.25, 0.3) is 0 Å². The van der Waals surface area contributed by atoms with E-state index in [2.05, 4.69) is 25.2 Å². The molecular formula is C14H21NO2. The van der Waals surface area contributed by atoms with E-state index in [4.69, 9.17) is 9.47 Å². The number of nitrogens with one attached hydrogen (secondary N) is 1. The molecule has 1 aromatic rings. The van der Waals surface area contributed by atoms with Crippen molar-refractivity contribution in [2.24, 2.45) is 11.8 Å². The Morgan fingerprint density at radius 2 is 1.82 bits per heavy atom. The maximum atomic E-state index is 5.35. The zero-order valence-electron chi connectivity index (χ0n) is 11.0. The van der Waals surface area contributed by atoms with Crippen molar-refractivity contribution in [3.05, 3.63) is 17.7 Å². The Hall–Kier alpha value is -1.38. The minimum Gasteiger partial charge on any atom is -0.493 e. The summed E-state index contributed by atoms with van der Waals surface area (Å²) in [6.45, 7) is 5.59. The van der Waals surface area contributed by atoms with E-state index in [-0.39, 0.29) is 0 Å². The van der Waals surface area contributed by atoms with Gasteiger partial charge in [0.15, 0.2) is 11.5 Å². The Morgan fingerprint density at radius 1 is 1.18 bits per heavy atom. The molecule has 0 spiro atoms. The number of fused-ring (bicyclic) bond motifs is 1. The monoisotopic (exact) mass is 235 g/mol. The number of methoxy groups -OCH3 is 2. The molecule has 1 unspecified atom stereocenters. The van der Waals surface area contributed by atoms with Crippen molar-refractivity contribution in [2.75, 3.05) is 26.1 Å². The zero-order chi connectivity index (χ0) is 12.4. The van der Waals surface area contributed by atoms with Crippen molar-refractivity contribution in [1.82, 2.24) is 0 Å². The van der Waals surface area contributed by atoms with Gasteiger partial charge in [-0.3, -0.25) is 0 Å². The molecule has 0 bridgehead atoms. The summed E-state index contributed by atoms with van der Waals surface area (Å²) in [4.78, 5) is 0. The lowest BCUT2D eigenvalue weighted by molar-refractivity contribution is 0.352. The van der Waals surface area contributed by atoms with Crippen LogP contribution in [0.4, 0.5) is 5.69 Å². The molecule has 0 radical (unpaired) electrons. The molecule has 1 aliphatic heterocycles. The molecule has 0 fully saturated rings. The Labute approximate surface area is 103 Å². The highest BCUT2D eigenvalue weighted by Gasteiger charge is 2.22. The normalized spacial score (nSPS) is 18.5. The average Bonchev–Trinajstić information content (AvgIpc) is 2.36. The molecule has 1 atom stereocenters. The van der Waals surface area contributed by atoms with Crippen LogP contribution >= 0.6 is 0 Å². The van der Waals surface area contributed by atoms with E-state index in [9.17, 15) is 0 Å². The van der Waals surface area contributed by atoms with Crippen LogP contribution in [0.5, 0.6) is 11.5 Å². The van der Waals surface area contributed by atoms with Gasteiger partial charge in [-0.05, 0) is 29.9 Å². The van der Waals surface area contributed by atoms with Gasteiger partial charge in [0.1, 0.15) is 0 Å². The molecule has 94 valence electrons. The fourth-order valence-corrected chi connectivity index (χ4v) is 2.32. The first-order valence-corrected chi connectivity index (χ1v) is 6.14. The molecule has 1 heterocycles. The predicted octanol–water partition coefficient (Wildman–Crippen LogP) is 2.94. The van der Waals surface area contributed by atoms with Crippen molar-refractivity contribution < 1.29 is 9.47 Å². The van der Waals surface area contributed by atoms with E-state index >= 15 is 0 Å². The van der Waals surface area contributed by atoms with Crippen LogP contribution in [-0.4, -0.2) is 20.8 Å². The molecule has 2 rings (SSSR count). The lowest BCUT2D eigenvalue weighted by Gasteiger charge is -2.29. The van der Waals surface area contributed by atoms with Gasteiger partial charge in [0.05, 0.1) is 14.2 Å². The van der Waals surface area contributed by atoms with Gasteiger partial charge in [-0.25, -0.2) is 0 Å². The van der Waals surface area contributed by atoms with Crippen LogP contribution < -0.4 is 14.8 Å². The Morgan fingerprint density at radius 3 is 2.41 bits per heavy atom. The van der Waals surface area contributed by atoms with Crippen LogP contribution in [-0.2, 0) is 6.42 Å². The second-order valence-corrected chi connectivity index (χ2v) is 4.95. The first-order valence-electron chi connectivity index (χ1n) is 6.14. The van der Waals surface area contributed by atoms with Gasteiger partial charge in [-0.1, -0.05) is 13.8 Å². The minimum atomic E-state index is 0.695. The van der Waals surface area contributed by atoms with E-state index in [1.807, 2.05) is 6.07 Å². The first-order chi connectivity index (χ1) is 8.15. The Balaban J connectivity index is 2.32. The van der Waals surface area contributed by atoms with Crippen LogP contribution in [0.15, 0.2) is 12.1 Å². The Bertz CT molecular complexity index is 401. The quantitative estimate of drug-likeness (QED) is 0.873. The molecular weight excluding hydrogens is 214 g/mol. The maximum Gasteiger partial charge on any atom is 0.162 e. The molecule has 3 nitrogen and oxygen atoms in total. The zero-order valence-corrected chi connectivity index (χ0v) is 11.0. The van der Waals surface area contributed by atoms with E-state index in [0.717, 1.165) is 24.5 Å². The Kier molecular flexibility index (Phi) is 3.46. The number of ether oxygens (including phenoxy) is 2. The molecule has 0 aromatic heterocycles. The van der Waals surface area contributed by atoms with Gasteiger partial charge < -0.3 is 14.8 Å². The number of benzene rings is 1. The number of hydrogen-bond donors (Lipinski definition) is 1. The molecule has 1 aromatic carbocycles. The third kappa shape index (κ3) is 2.33. The molecule has 1 N–H and O–H groups in total. The summed E-state index contributed by atoms with van der Waals surface area (Å²) < 4.78 is 10.7. The summed E-state index contributed by atoms with van der Waals surface area (Å²) in [5, 5.41) is 3.48. The van der Waals surface area contributed by atoms with E-state index in [1.165, 1.54) is 11.3 Å². The molecule has 0 saturated heterocycles. The largest absolute Gasteiger partial charge is 0.493 e. The van der Waals surface area contributed by atoms with Gasteiger partial charge in [0, 0.05) is 18.3 Å².